The predicted octanol–water partition coefficient (Wildman–Crippen LogP) is 1.09. The number of carbonyl (C=O) groups is 2. The Morgan fingerprint density at radius 3 is 2.48 bits per heavy atom. The van der Waals surface area contributed by atoms with Gasteiger partial charge < -0.3 is 10.2 Å². The molecule has 9 nitrogen and oxygen atoms in total. The maximum absolute atomic E-state index is 12.4. The van der Waals surface area contributed by atoms with Gasteiger partial charge >= 0.3 is 0 Å². The van der Waals surface area contributed by atoms with E-state index in [-0.39, 0.29) is 29.7 Å². The lowest BCUT2D eigenvalue weighted by Crippen LogP contribution is -2.28. The van der Waals surface area contributed by atoms with Crippen molar-refractivity contribution in [3.05, 3.63) is 29.3 Å². The van der Waals surface area contributed by atoms with Gasteiger partial charge in [-0.2, -0.15) is 0 Å². The van der Waals surface area contributed by atoms with Crippen LogP contribution in [0.25, 0.3) is 0 Å². The number of hydrogen-bond acceptors (Lipinski definition) is 7. The van der Waals surface area contributed by atoms with E-state index in [0.717, 1.165) is 9.31 Å². The first-order chi connectivity index (χ1) is 12.7. The van der Waals surface area contributed by atoms with E-state index in [9.17, 15) is 18.0 Å². The maximum atomic E-state index is 12.4. The summed E-state index contributed by atoms with van der Waals surface area (Å²) in [5.74, 6) is -0.979. The summed E-state index contributed by atoms with van der Waals surface area (Å²) in [6, 6.07) is 6.05. The molecule has 2 heterocycles. The van der Waals surface area contributed by atoms with E-state index in [2.05, 4.69) is 15.5 Å². The van der Waals surface area contributed by atoms with Crippen molar-refractivity contribution >= 4 is 44.0 Å². The lowest BCUT2D eigenvalue weighted by Gasteiger charge is -2.18. The first-order valence-electron chi connectivity index (χ1n) is 8.12. The van der Waals surface area contributed by atoms with Gasteiger partial charge in [0.1, 0.15) is 5.01 Å². The molecule has 1 aliphatic rings. The molecule has 27 heavy (non-hydrogen) atoms. The summed E-state index contributed by atoms with van der Waals surface area (Å²) in [6.45, 7) is 2.01. The Bertz CT molecular complexity index is 969. The van der Waals surface area contributed by atoms with Crippen LogP contribution in [-0.2, 0) is 19.6 Å². The van der Waals surface area contributed by atoms with E-state index in [4.69, 9.17) is 0 Å². The fourth-order valence-electron chi connectivity index (χ4n) is 2.70. The molecule has 144 valence electrons. The zero-order valence-electron chi connectivity index (χ0n) is 15.0. The first kappa shape index (κ1) is 19.4. The molecule has 1 saturated heterocycles. The Hall–Kier alpha value is -2.37. The van der Waals surface area contributed by atoms with E-state index in [1.54, 1.807) is 19.1 Å². The molecule has 0 aliphatic carbocycles. The number of aromatic nitrogens is 2. The topological polar surface area (TPSA) is 113 Å². The second kappa shape index (κ2) is 7.33. The molecule has 0 unspecified atom stereocenters. The largest absolute Gasteiger partial charge is 0.312 e. The number of benzene rings is 1. The fraction of sp³-hybridized carbons (Fsp3) is 0.375. The van der Waals surface area contributed by atoms with Crippen molar-refractivity contribution in [1.29, 1.82) is 0 Å². The van der Waals surface area contributed by atoms with Gasteiger partial charge in [-0.15, -0.1) is 10.2 Å². The van der Waals surface area contributed by atoms with E-state index in [1.807, 2.05) is 0 Å². The number of carbonyl (C=O) groups excluding carboxylic acids is 2. The molecule has 1 N–H and O–H groups in total. The second-order valence-corrected chi connectivity index (χ2v) is 9.64. The third-order valence-corrected chi connectivity index (χ3v) is 6.76. The van der Waals surface area contributed by atoms with E-state index >= 15 is 0 Å². The van der Waals surface area contributed by atoms with Gasteiger partial charge in [0.2, 0.25) is 27.0 Å². The minimum atomic E-state index is -3.53. The highest BCUT2D eigenvalue weighted by Crippen LogP contribution is 2.27. The summed E-state index contributed by atoms with van der Waals surface area (Å²) in [5, 5.41) is 11.5. The van der Waals surface area contributed by atoms with Crippen LogP contribution in [0.2, 0.25) is 0 Å². The van der Waals surface area contributed by atoms with Crippen LogP contribution in [0.5, 0.6) is 0 Å². The van der Waals surface area contributed by atoms with Gasteiger partial charge in [0, 0.05) is 32.7 Å². The molecule has 0 spiro atoms. The molecule has 1 aliphatic heterocycles. The van der Waals surface area contributed by atoms with Crippen molar-refractivity contribution in [2.45, 2.75) is 18.2 Å². The second-order valence-electron chi connectivity index (χ2n) is 6.30. The highest BCUT2D eigenvalue weighted by atomic mass is 32.2. The van der Waals surface area contributed by atoms with Crippen molar-refractivity contribution < 1.29 is 18.0 Å². The number of hydrogen-bond donors (Lipinski definition) is 1. The van der Waals surface area contributed by atoms with Gasteiger partial charge in [-0.05, 0) is 31.2 Å². The molecule has 2 aromatic rings. The molecular weight excluding hydrogens is 390 g/mol. The fourth-order valence-corrected chi connectivity index (χ4v) is 4.19. The number of nitrogens with one attached hydrogen (secondary N) is 1. The van der Waals surface area contributed by atoms with Gasteiger partial charge in [-0.1, -0.05) is 11.3 Å². The van der Waals surface area contributed by atoms with Crippen molar-refractivity contribution in [2.75, 3.05) is 30.9 Å². The van der Waals surface area contributed by atoms with Gasteiger partial charge in [-0.25, -0.2) is 12.7 Å². The third-order valence-electron chi connectivity index (χ3n) is 4.18. The monoisotopic (exact) mass is 409 g/mol. The standard InChI is InChI=1S/C16H19N5O4S2/c1-10-18-19-16(26-10)17-15(23)11-8-14(22)21(9-11)12-4-6-13(7-5-12)27(24,25)20(2)3/h4-7,11H,8-9H2,1-3H3,(H,17,19,23)/t11-/m1/s1. The van der Waals surface area contributed by atoms with Crippen LogP contribution in [0.4, 0.5) is 10.8 Å². The quantitative estimate of drug-likeness (QED) is 0.791. The highest BCUT2D eigenvalue weighted by Gasteiger charge is 2.35. The van der Waals surface area contributed by atoms with Crippen molar-refractivity contribution in [3.8, 4) is 0 Å². The zero-order chi connectivity index (χ0) is 19.8. The van der Waals surface area contributed by atoms with Crippen LogP contribution in [0.1, 0.15) is 11.4 Å². The smallest absolute Gasteiger partial charge is 0.242 e. The Labute approximate surface area is 161 Å². The van der Waals surface area contributed by atoms with E-state index in [1.165, 1.54) is 42.5 Å². The molecule has 0 bridgehead atoms. The van der Waals surface area contributed by atoms with Gasteiger partial charge in [0.15, 0.2) is 0 Å². The Balaban J connectivity index is 1.71. The number of sulfonamides is 1. The lowest BCUT2D eigenvalue weighted by atomic mass is 10.1. The molecule has 0 radical (unpaired) electrons. The van der Waals surface area contributed by atoms with Gasteiger partial charge in [-0.3, -0.25) is 9.59 Å². The van der Waals surface area contributed by atoms with Crippen LogP contribution >= 0.6 is 11.3 Å². The number of anilines is 2. The molecule has 1 aromatic heterocycles. The number of aryl methyl sites for hydroxylation is 1. The summed E-state index contributed by atoms with van der Waals surface area (Å²) in [7, 11) is -0.625. The molecule has 2 amide bonds. The molecule has 3 rings (SSSR count). The molecular formula is C16H19N5O4S2. The zero-order valence-corrected chi connectivity index (χ0v) is 16.7. The summed E-state index contributed by atoms with van der Waals surface area (Å²) in [5.41, 5.74) is 0.555. The Morgan fingerprint density at radius 2 is 1.93 bits per heavy atom. The normalized spacial score (nSPS) is 17.6. The van der Waals surface area contributed by atoms with Crippen molar-refractivity contribution in [2.24, 2.45) is 5.92 Å². The van der Waals surface area contributed by atoms with Crippen LogP contribution in [-0.4, -0.2) is 55.4 Å². The summed E-state index contributed by atoms with van der Waals surface area (Å²) >= 11 is 1.27. The van der Waals surface area contributed by atoms with E-state index in [0.29, 0.717) is 10.8 Å². The van der Waals surface area contributed by atoms with Crippen LogP contribution in [0, 0.1) is 12.8 Å². The summed E-state index contributed by atoms with van der Waals surface area (Å²) in [6.07, 6.45) is 0.0847. The molecule has 11 heteroatoms. The SMILES string of the molecule is Cc1nnc(NC(=O)[C@@H]2CC(=O)N(c3ccc(S(=O)(=O)N(C)C)cc3)C2)s1. The summed E-state index contributed by atoms with van der Waals surface area (Å²) < 4.78 is 25.4. The highest BCUT2D eigenvalue weighted by molar-refractivity contribution is 7.89. The van der Waals surface area contributed by atoms with Crippen molar-refractivity contribution in [3.63, 3.8) is 0 Å². The number of nitrogens with zero attached hydrogens (tertiary/aromatic N) is 4. The van der Waals surface area contributed by atoms with Crippen molar-refractivity contribution in [1.82, 2.24) is 14.5 Å². The first-order valence-corrected chi connectivity index (χ1v) is 10.4. The Morgan fingerprint density at radius 1 is 1.26 bits per heavy atom. The molecule has 1 fully saturated rings. The average Bonchev–Trinajstić information content (AvgIpc) is 3.20. The molecule has 1 atom stereocenters. The van der Waals surface area contributed by atoms with Gasteiger partial charge in [0.25, 0.3) is 0 Å². The molecule has 1 aromatic carbocycles. The van der Waals surface area contributed by atoms with Gasteiger partial charge in [0.05, 0.1) is 10.8 Å². The number of amides is 2. The average molecular weight is 409 g/mol. The van der Waals surface area contributed by atoms with Crippen LogP contribution in [0.3, 0.4) is 0 Å². The molecule has 0 saturated carbocycles. The van der Waals surface area contributed by atoms with Crippen LogP contribution < -0.4 is 10.2 Å². The van der Waals surface area contributed by atoms with Crippen LogP contribution in [0.15, 0.2) is 29.2 Å². The van der Waals surface area contributed by atoms with E-state index < -0.39 is 15.9 Å². The summed E-state index contributed by atoms with van der Waals surface area (Å²) in [4.78, 5) is 26.3. The minimum Gasteiger partial charge on any atom is -0.312 e. The third kappa shape index (κ3) is 3.99. The Kier molecular flexibility index (Phi) is 5.27. The minimum absolute atomic E-state index is 0.0847. The number of rotatable bonds is 5. The maximum Gasteiger partial charge on any atom is 0.242 e. The lowest BCUT2D eigenvalue weighted by molar-refractivity contribution is -0.122. The predicted molar refractivity (Wildman–Crippen MR) is 101 cm³/mol.